The van der Waals surface area contributed by atoms with Crippen LogP contribution in [0.5, 0.6) is 0 Å². The Morgan fingerprint density at radius 2 is 1.11 bits per heavy atom. The van der Waals surface area contributed by atoms with Crippen molar-refractivity contribution in [3.63, 3.8) is 0 Å². The van der Waals surface area contributed by atoms with Crippen LogP contribution in [0, 0.1) is 0 Å². The van der Waals surface area contributed by atoms with Crippen LogP contribution in [-0.4, -0.2) is 19.2 Å². The number of rotatable bonds is 0. The van der Waals surface area contributed by atoms with E-state index in [9.17, 15) is 0 Å². The molecule has 0 radical (unpaired) electrons. The zero-order chi connectivity index (χ0) is 4.50. The average molecular weight is 162 g/mol. The second-order valence-corrected chi connectivity index (χ2v) is 2.11. The normalized spacial score (nSPS) is 6.44. The summed E-state index contributed by atoms with van der Waals surface area (Å²) in [5.74, 6) is 0. The summed E-state index contributed by atoms with van der Waals surface area (Å²) in [4.78, 5) is 0. The fraction of sp³-hybridized carbons (Fsp3) is 1.00. The third kappa shape index (κ3) is 3720. The summed E-state index contributed by atoms with van der Waals surface area (Å²) >= 11 is 0. The molecule has 0 rings (SSSR count). The fourth-order valence-electron chi connectivity index (χ4n) is 0. The summed E-state index contributed by atoms with van der Waals surface area (Å²) in [7, 11) is -3.92. The van der Waals surface area contributed by atoms with E-state index in [-0.39, 0.29) is 33.0 Å². The zero-order valence-corrected chi connectivity index (χ0v) is 5.67. The van der Waals surface area contributed by atoms with Crippen molar-refractivity contribution in [2.45, 2.75) is 0 Å². The minimum Gasteiger partial charge on any atom is -0.748 e. The van der Waals surface area contributed by atoms with E-state index in [2.05, 4.69) is 0 Å². The van der Waals surface area contributed by atoms with Gasteiger partial charge in [0.15, 0.2) is 0 Å². The van der Waals surface area contributed by atoms with Gasteiger partial charge in [0.1, 0.15) is 0 Å². The van der Waals surface area contributed by atoms with Gasteiger partial charge in [0.05, 0.1) is 10.1 Å². The molecule has 0 fully saturated rings. The van der Waals surface area contributed by atoms with Gasteiger partial charge in [-0.3, -0.25) is 14.1 Å². The molecule has 56 valence electrons. The van der Waals surface area contributed by atoms with Crippen LogP contribution in [-0.2, 0) is 10.1 Å². The van der Waals surface area contributed by atoms with Crippen LogP contribution >= 0.6 is 0 Å². The summed E-state index contributed by atoms with van der Waals surface area (Å²) in [6.45, 7) is 0. The molecule has 8 heteroatoms. The van der Waals surface area contributed by atoms with Crippen molar-refractivity contribution < 1.29 is 45.9 Å². The van der Waals surface area contributed by atoms with Gasteiger partial charge in [-0.15, -0.1) is 0 Å². The molecule has 0 saturated heterocycles. The van der Waals surface area contributed by atoms with Gasteiger partial charge in [0.2, 0.25) is 0 Å². The fourth-order valence-corrected chi connectivity index (χ4v) is 0. The van der Waals surface area contributed by atoms with Crippen molar-refractivity contribution in [1.82, 2.24) is 0 Å². The Kier molecular flexibility index (Phi) is 42.9. The number of hydrogen-bond donors (Lipinski definition) is 0. The Hall–Kier alpha value is 0.297. The SMILES string of the molecule is CS(=O)(=O)[O-].F.F.F.[Li+]. The molecule has 9 heavy (non-hydrogen) atoms. The van der Waals surface area contributed by atoms with Crippen LogP contribution < -0.4 is 18.9 Å². The molecule has 0 aromatic heterocycles. The van der Waals surface area contributed by atoms with Crippen molar-refractivity contribution in [1.29, 1.82) is 0 Å². The zero-order valence-electron chi connectivity index (χ0n) is 4.86. The summed E-state index contributed by atoms with van der Waals surface area (Å²) in [5, 5.41) is 0. The third-order valence-corrected chi connectivity index (χ3v) is 0. The second-order valence-electron chi connectivity index (χ2n) is 0.704. The van der Waals surface area contributed by atoms with Crippen LogP contribution in [0.4, 0.5) is 14.1 Å². The second kappa shape index (κ2) is 11.1. The monoisotopic (exact) mass is 162 g/mol. The van der Waals surface area contributed by atoms with Gasteiger partial charge in [0, 0.05) is 6.26 Å². The van der Waals surface area contributed by atoms with Gasteiger partial charge < -0.3 is 4.55 Å². The van der Waals surface area contributed by atoms with Gasteiger partial charge in [-0.2, -0.15) is 0 Å². The Morgan fingerprint density at radius 1 is 1.11 bits per heavy atom. The first-order valence-corrected chi connectivity index (χ1v) is 2.72. The molecule has 0 spiro atoms. The van der Waals surface area contributed by atoms with Crippen molar-refractivity contribution in [3.05, 3.63) is 0 Å². The molecule has 0 bridgehead atoms. The Bertz CT molecular complexity index is 102. The Balaban J connectivity index is -0.0000000133. The predicted molar refractivity (Wildman–Crippen MR) is 23.1 cm³/mol. The van der Waals surface area contributed by atoms with E-state index in [0.29, 0.717) is 6.26 Å². The van der Waals surface area contributed by atoms with Crippen molar-refractivity contribution in [2.24, 2.45) is 0 Å². The first-order valence-electron chi connectivity index (χ1n) is 0.908. The molecule has 0 unspecified atom stereocenters. The molecule has 0 amide bonds. The van der Waals surface area contributed by atoms with Crippen molar-refractivity contribution in [2.75, 3.05) is 6.26 Å². The van der Waals surface area contributed by atoms with E-state index in [4.69, 9.17) is 13.0 Å². The maximum absolute atomic E-state index is 9.08. The van der Waals surface area contributed by atoms with Gasteiger partial charge in [0.25, 0.3) is 0 Å². The van der Waals surface area contributed by atoms with E-state index in [1.54, 1.807) is 0 Å². The van der Waals surface area contributed by atoms with E-state index < -0.39 is 10.1 Å². The van der Waals surface area contributed by atoms with Crippen LogP contribution in [0.2, 0.25) is 0 Å². The quantitative estimate of drug-likeness (QED) is 0.276. The van der Waals surface area contributed by atoms with E-state index in [1.165, 1.54) is 0 Å². The summed E-state index contributed by atoms with van der Waals surface area (Å²) in [5.41, 5.74) is 0. The molecule has 0 N–H and O–H groups in total. The predicted octanol–water partition coefficient (Wildman–Crippen LogP) is -3.38. The van der Waals surface area contributed by atoms with Crippen molar-refractivity contribution >= 4 is 10.1 Å². The Morgan fingerprint density at radius 3 is 1.11 bits per heavy atom. The van der Waals surface area contributed by atoms with Gasteiger partial charge in [-0.1, -0.05) is 0 Å². The van der Waals surface area contributed by atoms with Crippen LogP contribution in [0.1, 0.15) is 0 Å². The van der Waals surface area contributed by atoms with Gasteiger partial charge in [-0.05, 0) is 0 Å². The minimum absolute atomic E-state index is 0. The molecule has 0 aliphatic rings. The van der Waals surface area contributed by atoms with E-state index in [0.717, 1.165) is 0 Å². The minimum atomic E-state index is -3.92. The first-order chi connectivity index (χ1) is 2.00. The number of hydrogen-bond acceptors (Lipinski definition) is 3. The molecule has 0 aromatic rings. The number of halogens is 3. The van der Waals surface area contributed by atoms with Crippen molar-refractivity contribution in [3.8, 4) is 0 Å². The molecule has 0 saturated carbocycles. The molecule has 0 aliphatic carbocycles. The van der Waals surface area contributed by atoms with Crippen LogP contribution in [0.3, 0.4) is 0 Å². The molecule has 0 atom stereocenters. The molecule has 3 nitrogen and oxygen atoms in total. The Labute approximate surface area is 62.9 Å². The van der Waals surface area contributed by atoms with Gasteiger partial charge >= 0.3 is 18.9 Å². The average Bonchev–Trinajstić information content (AvgIpc) is 0.722. The topological polar surface area (TPSA) is 57.2 Å². The van der Waals surface area contributed by atoms with Crippen LogP contribution in [0.25, 0.3) is 0 Å². The third-order valence-electron chi connectivity index (χ3n) is 0. The smallest absolute Gasteiger partial charge is 0.748 e. The molecule has 0 aromatic carbocycles. The van der Waals surface area contributed by atoms with Gasteiger partial charge in [-0.25, -0.2) is 8.42 Å². The largest absolute Gasteiger partial charge is 1.00 e. The summed E-state index contributed by atoms with van der Waals surface area (Å²) in [6, 6.07) is 0. The molecule has 0 heterocycles. The standard InChI is InChI=1S/CH4O3S.3FH.Li/c1-5(2,3)4;;;;/h1H3,(H,2,3,4);3*1H;/q;;;;+1/p-1. The van der Waals surface area contributed by atoms with E-state index >= 15 is 0 Å². The molecule has 0 aliphatic heterocycles. The maximum atomic E-state index is 9.08. The summed E-state index contributed by atoms with van der Waals surface area (Å²) < 4.78 is 27.2. The first kappa shape index (κ1) is 34.7. The van der Waals surface area contributed by atoms with Crippen LogP contribution in [0.15, 0.2) is 0 Å². The molecular weight excluding hydrogens is 156 g/mol. The maximum Gasteiger partial charge on any atom is 1.00 e. The molecular formula is CH6F3LiO3S. The van der Waals surface area contributed by atoms with E-state index in [1.807, 2.05) is 0 Å². The summed E-state index contributed by atoms with van der Waals surface area (Å²) in [6.07, 6.45) is 0.604.